The number of morpholine rings is 1. The van der Waals surface area contributed by atoms with Crippen molar-refractivity contribution in [3.05, 3.63) is 35.9 Å². The number of carbonyl (C=O) groups excluding carboxylic acids is 1. The summed E-state index contributed by atoms with van der Waals surface area (Å²) in [6.45, 7) is 11.6. The summed E-state index contributed by atoms with van der Waals surface area (Å²) in [6, 6.07) is 10.5. The van der Waals surface area contributed by atoms with E-state index in [4.69, 9.17) is 9.47 Å². The number of esters is 1. The fourth-order valence-electron chi connectivity index (χ4n) is 5.85. The quantitative estimate of drug-likeness (QED) is 0.583. The molecule has 3 aliphatic rings. The summed E-state index contributed by atoms with van der Waals surface area (Å²) in [5.41, 5.74) is 1.68. The Hall–Kier alpha value is -1.39. The fourth-order valence-corrected chi connectivity index (χ4v) is 5.85. The van der Waals surface area contributed by atoms with E-state index in [1.165, 1.54) is 18.4 Å². The number of fused-ring (bicyclic) bond motifs is 2. The molecule has 0 radical (unpaired) electrons. The van der Waals surface area contributed by atoms with Crippen molar-refractivity contribution in [2.75, 3.05) is 32.8 Å². The fraction of sp³-hybridized carbons (Fsp3) is 0.696. The van der Waals surface area contributed by atoms with Crippen molar-refractivity contribution in [2.45, 2.75) is 52.7 Å². The molecule has 4 heteroatoms. The second-order valence-corrected chi connectivity index (χ2v) is 9.79. The van der Waals surface area contributed by atoms with E-state index < -0.39 is 0 Å². The first-order valence-corrected chi connectivity index (χ1v) is 10.5. The van der Waals surface area contributed by atoms with Crippen LogP contribution in [0.15, 0.2) is 30.3 Å². The molecule has 1 aromatic rings. The van der Waals surface area contributed by atoms with E-state index in [1.54, 1.807) is 0 Å². The van der Waals surface area contributed by atoms with Crippen LogP contribution in [-0.4, -0.2) is 49.4 Å². The Morgan fingerprint density at radius 3 is 2.48 bits per heavy atom. The molecule has 1 heterocycles. The van der Waals surface area contributed by atoms with E-state index in [-0.39, 0.29) is 22.9 Å². The predicted molar refractivity (Wildman–Crippen MR) is 105 cm³/mol. The molecule has 0 aromatic heterocycles. The lowest BCUT2D eigenvalue weighted by molar-refractivity contribution is -0.941. The summed E-state index contributed by atoms with van der Waals surface area (Å²) in [7, 11) is 0. The Bertz CT molecular complexity index is 680. The molecular weight excluding hydrogens is 338 g/mol. The largest absolute Gasteiger partial charge is 0.458 e. The number of rotatable bonds is 5. The van der Waals surface area contributed by atoms with Crippen molar-refractivity contribution in [3.8, 4) is 0 Å². The van der Waals surface area contributed by atoms with Gasteiger partial charge < -0.3 is 14.0 Å². The Morgan fingerprint density at radius 2 is 1.89 bits per heavy atom. The van der Waals surface area contributed by atoms with Crippen molar-refractivity contribution in [3.63, 3.8) is 0 Å². The highest BCUT2D eigenvalue weighted by atomic mass is 16.5. The second kappa shape index (κ2) is 6.89. The molecule has 27 heavy (non-hydrogen) atoms. The van der Waals surface area contributed by atoms with Crippen LogP contribution in [-0.2, 0) is 20.8 Å². The topological polar surface area (TPSA) is 35.5 Å². The van der Waals surface area contributed by atoms with E-state index >= 15 is 0 Å². The zero-order valence-corrected chi connectivity index (χ0v) is 17.1. The highest BCUT2D eigenvalue weighted by molar-refractivity contribution is 5.71. The molecule has 1 aliphatic heterocycles. The van der Waals surface area contributed by atoms with Gasteiger partial charge in [-0.25, -0.2) is 4.79 Å². The van der Waals surface area contributed by atoms with Gasteiger partial charge in [0.05, 0.1) is 13.2 Å². The molecule has 148 valence electrons. The minimum atomic E-state index is -0.0255. The molecule has 0 unspecified atom stereocenters. The van der Waals surface area contributed by atoms with Crippen molar-refractivity contribution in [1.82, 2.24) is 0 Å². The number of nitrogens with zero attached hydrogens (tertiary/aromatic N) is 1. The lowest BCUT2D eigenvalue weighted by Gasteiger charge is -2.42. The van der Waals surface area contributed by atoms with Gasteiger partial charge in [0.25, 0.3) is 0 Å². The van der Waals surface area contributed by atoms with Gasteiger partial charge in [0.1, 0.15) is 25.7 Å². The smallest absolute Gasteiger partial charge is 0.362 e. The van der Waals surface area contributed by atoms with Crippen molar-refractivity contribution >= 4 is 5.97 Å². The van der Waals surface area contributed by atoms with E-state index in [2.05, 4.69) is 45.0 Å². The van der Waals surface area contributed by atoms with Gasteiger partial charge in [0.15, 0.2) is 6.54 Å². The summed E-state index contributed by atoms with van der Waals surface area (Å²) < 4.78 is 12.5. The Morgan fingerprint density at radius 1 is 1.19 bits per heavy atom. The maximum atomic E-state index is 13.0. The minimum absolute atomic E-state index is 0.0255. The van der Waals surface area contributed by atoms with Gasteiger partial charge in [0, 0.05) is 11.0 Å². The minimum Gasteiger partial charge on any atom is -0.458 e. The molecule has 0 spiro atoms. The predicted octanol–water partition coefficient (Wildman–Crippen LogP) is 3.79. The molecule has 0 amide bonds. The third-order valence-electron chi connectivity index (χ3n) is 8.23. The number of carbonyl (C=O) groups is 1. The average molecular weight is 373 g/mol. The van der Waals surface area contributed by atoms with E-state index in [0.717, 1.165) is 43.8 Å². The van der Waals surface area contributed by atoms with Gasteiger partial charge >= 0.3 is 5.97 Å². The first-order chi connectivity index (χ1) is 12.8. The van der Waals surface area contributed by atoms with Gasteiger partial charge in [-0.3, -0.25) is 0 Å². The summed E-state index contributed by atoms with van der Waals surface area (Å²) in [4.78, 5) is 13.0. The van der Waals surface area contributed by atoms with Crippen LogP contribution in [0, 0.1) is 16.7 Å². The van der Waals surface area contributed by atoms with E-state index in [1.807, 2.05) is 6.07 Å². The van der Waals surface area contributed by atoms with Crippen LogP contribution in [0.2, 0.25) is 0 Å². The number of hydrogen-bond donors (Lipinski definition) is 0. The van der Waals surface area contributed by atoms with Crippen LogP contribution >= 0.6 is 0 Å². The Kier molecular flexibility index (Phi) is 4.84. The summed E-state index contributed by atoms with van der Waals surface area (Å²) >= 11 is 0. The molecule has 0 N–H and O–H groups in total. The second-order valence-electron chi connectivity index (χ2n) is 9.79. The highest BCUT2D eigenvalue weighted by Gasteiger charge is 2.63. The third-order valence-corrected chi connectivity index (χ3v) is 8.23. The van der Waals surface area contributed by atoms with Crippen molar-refractivity contribution in [1.29, 1.82) is 0 Å². The molecule has 4 rings (SSSR count). The van der Waals surface area contributed by atoms with Gasteiger partial charge in [0.2, 0.25) is 0 Å². The summed E-state index contributed by atoms with van der Waals surface area (Å²) in [6.07, 6.45) is 3.58. The van der Waals surface area contributed by atoms with Crippen LogP contribution in [0.4, 0.5) is 0 Å². The van der Waals surface area contributed by atoms with Gasteiger partial charge in [-0.2, -0.15) is 0 Å². The number of benzene rings is 1. The molecule has 2 aliphatic carbocycles. The van der Waals surface area contributed by atoms with Gasteiger partial charge in [-0.15, -0.1) is 0 Å². The number of ether oxygens (including phenoxy) is 2. The maximum absolute atomic E-state index is 13.0. The molecule has 3 atom stereocenters. The molecule has 1 saturated heterocycles. The SMILES string of the molecule is CC1(C)[C@H]2CC[C@]1(C)[C@@H](OC(=O)C[N+]1(Cc3ccccc3)CCOCC1)C2. The van der Waals surface area contributed by atoms with Gasteiger partial charge in [-0.1, -0.05) is 51.1 Å². The molecular formula is C23H34NO3+. The highest BCUT2D eigenvalue weighted by Crippen LogP contribution is 2.66. The standard InChI is InChI=1S/C23H34NO3/c1-22(2)19-9-10-23(22,3)20(15-19)27-21(25)17-24(11-13-26-14-12-24)16-18-7-5-4-6-8-18/h4-8,19-20H,9-17H2,1-3H3/q+1/t19-,20-,23+/m0/s1. The average Bonchev–Trinajstić information content (AvgIpc) is 2.96. The first-order valence-electron chi connectivity index (χ1n) is 10.5. The monoisotopic (exact) mass is 372 g/mol. The Balaban J connectivity index is 1.45. The van der Waals surface area contributed by atoms with Crippen molar-refractivity contribution < 1.29 is 18.8 Å². The van der Waals surface area contributed by atoms with Crippen LogP contribution in [0.1, 0.15) is 45.6 Å². The number of hydrogen-bond acceptors (Lipinski definition) is 3. The normalized spacial score (nSPS) is 33.7. The molecule has 2 bridgehead atoms. The van der Waals surface area contributed by atoms with E-state index in [0.29, 0.717) is 12.5 Å². The molecule has 1 aromatic carbocycles. The van der Waals surface area contributed by atoms with Crippen LogP contribution in [0.3, 0.4) is 0 Å². The zero-order valence-electron chi connectivity index (χ0n) is 17.1. The molecule has 2 saturated carbocycles. The molecule has 4 nitrogen and oxygen atoms in total. The Labute approximate surface area is 163 Å². The lowest BCUT2D eigenvalue weighted by Crippen LogP contribution is -2.57. The number of quaternary nitrogens is 1. The first kappa shape index (κ1) is 18.9. The summed E-state index contributed by atoms with van der Waals surface area (Å²) in [5, 5.41) is 0. The van der Waals surface area contributed by atoms with Gasteiger partial charge in [-0.05, 0) is 30.6 Å². The van der Waals surface area contributed by atoms with Crippen LogP contribution in [0.5, 0.6) is 0 Å². The van der Waals surface area contributed by atoms with Crippen LogP contribution < -0.4 is 0 Å². The maximum Gasteiger partial charge on any atom is 0.362 e. The summed E-state index contributed by atoms with van der Waals surface area (Å²) in [5.74, 6) is 0.665. The lowest BCUT2D eigenvalue weighted by atomic mass is 9.70. The zero-order chi connectivity index (χ0) is 19.1. The third kappa shape index (κ3) is 3.31. The van der Waals surface area contributed by atoms with E-state index in [9.17, 15) is 4.79 Å². The molecule has 3 fully saturated rings. The van der Waals surface area contributed by atoms with Crippen LogP contribution in [0.25, 0.3) is 0 Å². The van der Waals surface area contributed by atoms with Crippen molar-refractivity contribution in [2.24, 2.45) is 16.7 Å².